The summed E-state index contributed by atoms with van der Waals surface area (Å²) in [5, 5.41) is 1.05. The van der Waals surface area contributed by atoms with Crippen LogP contribution in [0.15, 0.2) is 121 Å². The van der Waals surface area contributed by atoms with Crippen molar-refractivity contribution in [2.75, 3.05) is 0 Å². The van der Waals surface area contributed by atoms with E-state index < -0.39 is 0 Å². The van der Waals surface area contributed by atoms with Crippen molar-refractivity contribution < 1.29 is 4.74 Å². The molecule has 1 aliphatic heterocycles. The molecule has 0 amide bonds. The van der Waals surface area contributed by atoms with Crippen LogP contribution < -0.4 is 4.74 Å². The Balaban J connectivity index is 1.30. The topological polar surface area (TPSA) is 35.0 Å². The molecule has 6 aromatic rings. The van der Waals surface area contributed by atoms with Crippen molar-refractivity contribution in [3.05, 3.63) is 132 Å². The minimum absolute atomic E-state index is 0.0617. The first kappa shape index (κ1) is 24.3. The van der Waals surface area contributed by atoms with Gasteiger partial charge in [-0.3, -0.25) is 0 Å². The molecule has 1 aromatic heterocycles. The molecule has 0 aliphatic carbocycles. The fourth-order valence-electron chi connectivity index (χ4n) is 6.23. The van der Waals surface area contributed by atoms with Gasteiger partial charge in [-0.05, 0) is 48.2 Å². The number of nitrogens with zero attached hydrogens (tertiary/aromatic N) is 2. The Morgan fingerprint density at radius 3 is 2.00 bits per heavy atom. The van der Waals surface area contributed by atoms with Gasteiger partial charge in [0.1, 0.15) is 11.5 Å². The smallest absolute Gasteiger partial charge is 0.160 e. The Kier molecular flexibility index (Phi) is 5.93. The van der Waals surface area contributed by atoms with Gasteiger partial charge in [-0.15, -0.1) is 0 Å². The molecule has 40 heavy (non-hydrogen) atoms. The number of ether oxygens (including phenoxy) is 1. The molecule has 5 aromatic carbocycles. The average molecular weight is 519 g/mol. The van der Waals surface area contributed by atoms with Crippen LogP contribution in [-0.2, 0) is 5.41 Å². The first-order chi connectivity index (χ1) is 19.7. The maximum atomic E-state index is 6.38. The molecular formula is C37H30N2O. The number of aromatic nitrogens is 2. The first-order valence-corrected chi connectivity index (χ1v) is 14.0. The summed E-state index contributed by atoms with van der Waals surface area (Å²) in [7, 11) is 0. The molecule has 2 heterocycles. The lowest BCUT2D eigenvalue weighted by molar-refractivity contribution is 0.375. The average Bonchev–Trinajstić information content (AvgIpc) is 3.03. The Hall–Kier alpha value is -4.76. The second kappa shape index (κ2) is 9.77. The van der Waals surface area contributed by atoms with Crippen LogP contribution in [0.2, 0.25) is 0 Å². The minimum atomic E-state index is -0.0617. The summed E-state index contributed by atoms with van der Waals surface area (Å²) in [5.74, 6) is 2.68. The van der Waals surface area contributed by atoms with Crippen LogP contribution in [0.5, 0.6) is 11.5 Å². The van der Waals surface area contributed by atoms with Crippen LogP contribution in [0.3, 0.4) is 0 Å². The van der Waals surface area contributed by atoms with Crippen molar-refractivity contribution >= 4 is 10.9 Å². The SMILES string of the molecule is CCC1(CC)c2ccccc2Oc2ccc(-c3ccc(-c4nc(-c5ccccc5)nc5ccccc45)cc3)cc21. The van der Waals surface area contributed by atoms with Gasteiger partial charge >= 0.3 is 0 Å². The zero-order chi connectivity index (χ0) is 27.1. The van der Waals surface area contributed by atoms with E-state index in [-0.39, 0.29) is 5.41 Å². The van der Waals surface area contributed by atoms with Crippen molar-refractivity contribution in [1.29, 1.82) is 0 Å². The molecule has 0 N–H and O–H groups in total. The van der Waals surface area contributed by atoms with Gasteiger partial charge in [0, 0.05) is 33.1 Å². The lowest BCUT2D eigenvalue weighted by atomic mass is 9.68. The van der Waals surface area contributed by atoms with E-state index in [0.29, 0.717) is 0 Å². The highest BCUT2D eigenvalue weighted by atomic mass is 16.5. The molecule has 3 nitrogen and oxygen atoms in total. The summed E-state index contributed by atoms with van der Waals surface area (Å²) in [6, 6.07) is 42.3. The third kappa shape index (κ3) is 3.89. The highest BCUT2D eigenvalue weighted by Gasteiger charge is 2.39. The van der Waals surface area contributed by atoms with Crippen LogP contribution in [-0.4, -0.2) is 9.97 Å². The fourth-order valence-corrected chi connectivity index (χ4v) is 6.23. The maximum absolute atomic E-state index is 6.38. The lowest BCUT2D eigenvalue weighted by Gasteiger charge is -2.39. The van der Waals surface area contributed by atoms with Crippen molar-refractivity contribution in [3.8, 4) is 45.3 Å². The molecule has 0 radical (unpaired) electrons. The quantitative estimate of drug-likeness (QED) is 0.228. The first-order valence-electron chi connectivity index (χ1n) is 14.0. The summed E-state index contributed by atoms with van der Waals surface area (Å²) in [6.07, 6.45) is 2.04. The van der Waals surface area contributed by atoms with E-state index in [1.165, 1.54) is 22.3 Å². The Labute approximate surface area is 235 Å². The molecule has 0 bridgehead atoms. The zero-order valence-electron chi connectivity index (χ0n) is 22.8. The van der Waals surface area contributed by atoms with Crippen LogP contribution in [0.1, 0.15) is 37.8 Å². The predicted octanol–water partition coefficient (Wildman–Crippen LogP) is 9.84. The molecule has 0 unspecified atom stereocenters. The van der Waals surface area contributed by atoms with Crippen molar-refractivity contribution in [3.63, 3.8) is 0 Å². The van der Waals surface area contributed by atoms with E-state index in [4.69, 9.17) is 14.7 Å². The molecule has 0 saturated carbocycles. The number of hydrogen-bond donors (Lipinski definition) is 0. The molecule has 0 fully saturated rings. The van der Waals surface area contributed by atoms with Crippen LogP contribution in [0, 0.1) is 0 Å². The highest BCUT2D eigenvalue weighted by Crippen LogP contribution is 2.52. The number of fused-ring (bicyclic) bond motifs is 3. The Morgan fingerprint density at radius 1 is 0.550 bits per heavy atom. The minimum Gasteiger partial charge on any atom is -0.457 e. The second-order valence-corrected chi connectivity index (χ2v) is 10.5. The predicted molar refractivity (Wildman–Crippen MR) is 164 cm³/mol. The third-order valence-corrected chi connectivity index (χ3v) is 8.45. The van der Waals surface area contributed by atoms with Gasteiger partial charge in [0.15, 0.2) is 5.82 Å². The van der Waals surface area contributed by atoms with Crippen molar-refractivity contribution in [2.24, 2.45) is 0 Å². The lowest BCUT2D eigenvalue weighted by Crippen LogP contribution is -2.30. The molecule has 1 aliphatic rings. The van der Waals surface area contributed by atoms with Gasteiger partial charge in [0.25, 0.3) is 0 Å². The molecular weight excluding hydrogens is 488 g/mol. The summed E-state index contributed by atoms with van der Waals surface area (Å²) >= 11 is 0. The van der Waals surface area contributed by atoms with E-state index >= 15 is 0 Å². The second-order valence-electron chi connectivity index (χ2n) is 10.5. The van der Waals surface area contributed by atoms with E-state index in [9.17, 15) is 0 Å². The number of para-hydroxylation sites is 2. The number of rotatable bonds is 5. The Morgan fingerprint density at radius 2 is 1.20 bits per heavy atom. The van der Waals surface area contributed by atoms with Crippen LogP contribution >= 0.6 is 0 Å². The fraction of sp³-hybridized carbons (Fsp3) is 0.135. The van der Waals surface area contributed by atoms with Gasteiger partial charge in [0.2, 0.25) is 0 Å². The van der Waals surface area contributed by atoms with Gasteiger partial charge < -0.3 is 4.74 Å². The van der Waals surface area contributed by atoms with Crippen LogP contribution in [0.25, 0.3) is 44.7 Å². The normalized spacial score (nSPS) is 13.3. The molecule has 0 atom stereocenters. The summed E-state index contributed by atoms with van der Waals surface area (Å²) in [5.41, 5.74) is 8.84. The Bertz CT molecular complexity index is 1840. The van der Waals surface area contributed by atoms with E-state index in [1.807, 2.05) is 30.3 Å². The molecule has 194 valence electrons. The zero-order valence-corrected chi connectivity index (χ0v) is 22.8. The van der Waals surface area contributed by atoms with E-state index in [2.05, 4.69) is 105 Å². The monoisotopic (exact) mass is 518 g/mol. The van der Waals surface area contributed by atoms with E-state index in [1.54, 1.807) is 0 Å². The molecule has 0 spiro atoms. The van der Waals surface area contributed by atoms with Gasteiger partial charge in [-0.2, -0.15) is 0 Å². The van der Waals surface area contributed by atoms with Crippen molar-refractivity contribution in [1.82, 2.24) is 9.97 Å². The van der Waals surface area contributed by atoms with E-state index in [0.717, 1.165) is 57.9 Å². The van der Waals surface area contributed by atoms with Gasteiger partial charge in [-0.1, -0.05) is 111 Å². The van der Waals surface area contributed by atoms with Gasteiger partial charge in [0.05, 0.1) is 11.2 Å². The summed E-state index contributed by atoms with van der Waals surface area (Å²) in [6.45, 7) is 4.57. The van der Waals surface area contributed by atoms with Gasteiger partial charge in [-0.25, -0.2) is 9.97 Å². The molecule has 3 heteroatoms. The number of benzene rings is 5. The molecule has 7 rings (SSSR count). The van der Waals surface area contributed by atoms with Crippen LogP contribution in [0.4, 0.5) is 0 Å². The number of hydrogen-bond acceptors (Lipinski definition) is 3. The highest BCUT2D eigenvalue weighted by molar-refractivity contribution is 5.94. The largest absolute Gasteiger partial charge is 0.457 e. The standard InChI is InChI=1S/C37H30N2O/c1-3-37(4-2)30-15-9-11-17-33(30)40-34-23-22-28(24-31(34)37)25-18-20-26(21-19-25)35-29-14-8-10-16-32(29)38-36(39-35)27-12-6-5-7-13-27/h5-24H,3-4H2,1-2H3. The maximum Gasteiger partial charge on any atom is 0.160 e. The molecule has 0 saturated heterocycles. The summed E-state index contributed by atoms with van der Waals surface area (Å²) < 4.78 is 6.38. The van der Waals surface area contributed by atoms with Crippen molar-refractivity contribution in [2.45, 2.75) is 32.1 Å². The summed E-state index contributed by atoms with van der Waals surface area (Å²) in [4.78, 5) is 9.90. The third-order valence-electron chi connectivity index (χ3n) is 8.45.